The number of anilines is 1. The molecule has 2 aromatic rings. The smallest absolute Gasteiger partial charge is 0.237 e. The van der Waals surface area contributed by atoms with Gasteiger partial charge in [0, 0.05) is 12.5 Å². The summed E-state index contributed by atoms with van der Waals surface area (Å²) in [5, 5.41) is 5.23. The van der Waals surface area contributed by atoms with Gasteiger partial charge in [-0.2, -0.15) is 0 Å². The van der Waals surface area contributed by atoms with E-state index in [1.165, 1.54) is 18.2 Å². The van der Waals surface area contributed by atoms with Gasteiger partial charge in [0.2, 0.25) is 11.8 Å². The molecule has 0 aromatic heterocycles. The molecule has 0 unspecified atom stereocenters. The van der Waals surface area contributed by atoms with E-state index in [0.29, 0.717) is 13.2 Å². The van der Waals surface area contributed by atoms with Crippen LogP contribution >= 0.6 is 0 Å². The Balaban J connectivity index is 1.79. The van der Waals surface area contributed by atoms with E-state index in [9.17, 15) is 14.0 Å². The van der Waals surface area contributed by atoms with Crippen LogP contribution in [0.5, 0.6) is 5.75 Å². The third-order valence-corrected chi connectivity index (χ3v) is 4.21. The summed E-state index contributed by atoms with van der Waals surface area (Å²) in [6.07, 6.45) is 0. The Kier molecular flexibility index (Phi) is 4.97. The molecule has 2 N–H and O–H groups in total. The van der Waals surface area contributed by atoms with Crippen LogP contribution in [-0.4, -0.2) is 25.0 Å². The average Bonchev–Trinajstić information content (AvgIpc) is 2.99. The predicted molar refractivity (Wildman–Crippen MR) is 91.9 cm³/mol. The topological polar surface area (TPSA) is 67.4 Å². The minimum absolute atomic E-state index is 0.0673. The highest BCUT2D eigenvalue weighted by molar-refractivity contribution is 6.08. The van der Waals surface area contributed by atoms with Crippen molar-refractivity contribution in [3.05, 3.63) is 59.9 Å². The summed E-state index contributed by atoms with van der Waals surface area (Å²) in [5.41, 5.74) is 0.924. The second kappa shape index (κ2) is 7.34. The van der Waals surface area contributed by atoms with Gasteiger partial charge in [0.05, 0.1) is 12.3 Å². The van der Waals surface area contributed by atoms with Crippen molar-refractivity contribution >= 4 is 17.5 Å². The fraction of sp³-hybridized carbons (Fsp3) is 0.263. The third-order valence-electron chi connectivity index (χ3n) is 4.21. The van der Waals surface area contributed by atoms with E-state index in [2.05, 4.69) is 10.6 Å². The van der Waals surface area contributed by atoms with Gasteiger partial charge in [-0.25, -0.2) is 4.39 Å². The summed E-state index contributed by atoms with van der Waals surface area (Å²) >= 11 is 0. The minimum Gasteiger partial charge on any atom is -0.494 e. The van der Waals surface area contributed by atoms with Gasteiger partial charge in [-0.15, -0.1) is 0 Å². The molecule has 1 fully saturated rings. The van der Waals surface area contributed by atoms with E-state index >= 15 is 0 Å². The number of carbonyl (C=O) groups is 2. The van der Waals surface area contributed by atoms with Gasteiger partial charge in [-0.1, -0.05) is 24.3 Å². The van der Waals surface area contributed by atoms with Gasteiger partial charge in [0.1, 0.15) is 17.5 Å². The molecule has 6 heteroatoms. The van der Waals surface area contributed by atoms with Crippen molar-refractivity contribution in [1.82, 2.24) is 5.32 Å². The lowest BCUT2D eigenvalue weighted by molar-refractivity contribution is -0.130. The van der Waals surface area contributed by atoms with Gasteiger partial charge in [-0.05, 0) is 36.8 Å². The van der Waals surface area contributed by atoms with Crippen molar-refractivity contribution in [2.75, 3.05) is 18.5 Å². The molecule has 2 aromatic carbocycles. The molecule has 0 radical (unpaired) electrons. The predicted octanol–water partition coefficient (Wildman–Crippen LogP) is 2.69. The van der Waals surface area contributed by atoms with E-state index < -0.39 is 17.6 Å². The van der Waals surface area contributed by atoms with Gasteiger partial charge < -0.3 is 15.4 Å². The highest BCUT2D eigenvalue weighted by atomic mass is 19.1. The Bertz CT molecular complexity index is 776. The molecule has 0 spiro atoms. The van der Waals surface area contributed by atoms with Crippen molar-refractivity contribution in [2.45, 2.75) is 12.8 Å². The van der Waals surface area contributed by atoms with Gasteiger partial charge in [-0.3, -0.25) is 9.59 Å². The van der Waals surface area contributed by atoms with Crippen LogP contribution in [0.2, 0.25) is 0 Å². The zero-order valence-electron chi connectivity index (χ0n) is 13.8. The number of nitrogens with one attached hydrogen (secondary N) is 2. The van der Waals surface area contributed by atoms with Crippen molar-refractivity contribution < 1.29 is 18.7 Å². The Morgan fingerprint density at radius 1 is 1.24 bits per heavy atom. The van der Waals surface area contributed by atoms with E-state index in [0.717, 1.165) is 11.3 Å². The zero-order valence-corrected chi connectivity index (χ0v) is 13.8. The van der Waals surface area contributed by atoms with Gasteiger partial charge >= 0.3 is 0 Å². The minimum atomic E-state index is -0.905. The molecule has 1 aliphatic heterocycles. The normalized spacial score (nSPS) is 19.4. The number of halogens is 1. The number of amides is 2. The van der Waals surface area contributed by atoms with E-state index in [1.807, 2.05) is 31.2 Å². The zero-order chi connectivity index (χ0) is 17.8. The van der Waals surface area contributed by atoms with E-state index in [4.69, 9.17) is 4.74 Å². The molecule has 1 saturated heterocycles. The highest BCUT2D eigenvalue weighted by Crippen LogP contribution is 2.31. The number of para-hydroxylation sites is 1. The van der Waals surface area contributed by atoms with Crippen LogP contribution in [-0.2, 0) is 9.59 Å². The quantitative estimate of drug-likeness (QED) is 0.821. The Labute approximate surface area is 145 Å². The lowest BCUT2D eigenvalue weighted by Crippen LogP contribution is -2.32. The van der Waals surface area contributed by atoms with Crippen molar-refractivity contribution in [3.63, 3.8) is 0 Å². The maximum Gasteiger partial charge on any atom is 0.237 e. The van der Waals surface area contributed by atoms with Gasteiger partial charge in [0.25, 0.3) is 0 Å². The summed E-state index contributed by atoms with van der Waals surface area (Å²) < 4.78 is 19.1. The Hall–Kier alpha value is -2.89. The number of ether oxygens (including phenoxy) is 1. The van der Waals surface area contributed by atoms with Crippen LogP contribution in [0.25, 0.3) is 0 Å². The van der Waals surface area contributed by atoms with Crippen LogP contribution in [0.4, 0.5) is 10.1 Å². The highest BCUT2D eigenvalue weighted by Gasteiger charge is 2.41. The second-order valence-corrected chi connectivity index (χ2v) is 5.80. The SMILES string of the molecule is CCOc1ccc([C@H]2CNC(=O)[C@@H]2C(=O)Nc2ccccc2F)cc1. The number of hydrogen-bond donors (Lipinski definition) is 2. The first-order valence-corrected chi connectivity index (χ1v) is 8.16. The van der Waals surface area contributed by atoms with Crippen LogP contribution in [0, 0.1) is 11.7 Å². The second-order valence-electron chi connectivity index (χ2n) is 5.80. The molecule has 0 saturated carbocycles. The first kappa shape index (κ1) is 17.0. The third kappa shape index (κ3) is 3.63. The maximum absolute atomic E-state index is 13.7. The van der Waals surface area contributed by atoms with Crippen molar-refractivity contribution in [2.24, 2.45) is 5.92 Å². The lowest BCUT2D eigenvalue weighted by atomic mass is 9.88. The Morgan fingerprint density at radius 3 is 2.64 bits per heavy atom. The van der Waals surface area contributed by atoms with E-state index in [1.54, 1.807) is 6.07 Å². The van der Waals surface area contributed by atoms with Crippen molar-refractivity contribution in [1.29, 1.82) is 0 Å². The molecule has 2 atom stereocenters. The fourth-order valence-corrected chi connectivity index (χ4v) is 2.98. The van der Waals surface area contributed by atoms with Crippen molar-refractivity contribution in [3.8, 4) is 5.75 Å². The molecule has 130 valence electrons. The summed E-state index contributed by atoms with van der Waals surface area (Å²) in [7, 11) is 0. The molecule has 1 heterocycles. The molecular formula is C19H19FN2O3. The standard InChI is InChI=1S/C19H19FN2O3/c1-2-25-13-9-7-12(8-10-13)14-11-21-18(23)17(14)19(24)22-16-6-4-3-5-15(16)20/h3-10,14,17H,2,11H2,1H3,(H,21,23)(H,22,24)/t14-,17-/m1/s1. The number of carbonyl (C=O) groups excluding carboxylic acids is 2. The summed E-state index contributed by atoms with van der Waals surface area (Å²) in [6.45, 7) is 2.83. The molecule has 2 amide bonds. The van der Waals surface area contributed by atoms with E-state index in [-0.39, 0.29) is 17.5 Å². The van der Waals surface area contributed by atoms with Crippen LogP contribution in [0.1, 0.15) is 18.4 Å². The monoisotopic (exact) mass is 342 g/mol. The first-order chi connectivity index (χ1) is 12.1. The van der Waals surface area contributed by atoms with Crippen LogP contribution in [0.15, 0.2) is 48.5 Å². The first-order valence-electron chi connectivity index (χ1n) is 8.16. The summed E-state index contributed by atoms with van der Waals surface area (Å²) in [6, 6.07) is 13.2. The summed E-state index contributed by atoms with van der Waals surface area (Å²) in [5.74, 6) is -1.89. The maximum atomic E-state index is 13.7. The van der Waals surface area contributed by atoms with Crippen LogP contribution < -0.4 is 15.4 Å². The molecule has 3 rings (SSSR count). The molecular weight excluding hydrogens is 323 g/mol. The molecule has 0 aliphatic carbocycles. The molecule has 0 bridgehead atoms. The molecule has 5 nitrogen and oxygen atoms in total. The number of benzene rings is 2. The fourth-order valence-electron chi connectivity index (χ4n) is 2.98. The number of rotatable bonds is 5. The number of hydrogen-bond acceptors (Lipinski definition) is 3. The van der Waals surface area contributed by atoms with Crippen LogP contribution in [0.3, 0.4) is 0 Å². The largest absolute Gasteiger partial charge is 0.494 e. The van der Waals surface area contributed by atoms with Gasteiger partial charge in [0.15, 0.2) is 0 Å². The molecule has 25 heavy (non-hydrogen) atoms. The Morgan fingerprint density at radius 2 is 1.96 bits per heavy atom. The lowest BCUT2D eigenvalue weighted by Gasteiger charge is -2.17. The molecule has 1 aliphatic rings. The summed E-state index contributed by atoms with van der Waals surface area (Å²) in [4.78, 5) is 24.7. The average molecular weight is 342 g/mol.